The minimum atomic E-state index is 0.640. The van der Waals surface area contributed by atoms with Gasteiger partial charge >= 0.3 is 0 Å². The van der Waals surface area contributed by atoms with E-state index in [0.717, 1.165) is 12.5 Å². The highest BCUT2D eigenvalue weighted by Gasteiger charge is 2.20. The fourth-order valence-corrected chi connectivity index (χ4v) is 3.35. The van der Waals surface area contributed by atoms with Crippen LogP contribution >= 0.6 is 0 Å². The largest absolute Gasteiger partial charge is 0.310 e. The summed E-state index contributed by atoms with van der Waals surface area (Å²) in [4.78, 5) is 0. The summed E-state index contributed by atoms with van der Waals surface area (Å²) >= 11 is 0. The summed E-state index contributed by atoms with van der Waals surface area (Å²) in [6.45, 7) is 3.32. The zero-order valence-corrected chi connectivity index (χ0v) is 12.9. The van der Waals surface area contributed by atoms with E-state index in [0.29, 0.717) is 6.04 Å². The van der Waals surface area contributed by atoms with Gasteiger partial charge in [0.2, 0.25) is 0 Å². The van der Waals surface area contributed by atoms with E-state index in [1.165, 1.54) is 42.4 Å². The first-order chi connectivity index (χ1) is 10.3. The van der Waals surface area contributed by atoms with Crippen LogP contribution in [0.1, 0.15) is 38.2 Å². The fraction of sp³-hybridized carbons (Fsp3) is 0.400. The van der Waals surface area contributed by atoms with E-state index in [1.54, 1.807) is 0 Å². The Balaban J connectivity index is 1.57. The van der Waals surface area contributed by atoms with Crippen molar-refractivity contribution in [3.05, 3.63) is 60.2 Å². The summed E-state index contributed by atoms with van der Waals surface area (Å²) < 4.78 is 0. The highest BCUT2D eigenvalue weighted by molar-refractivity contribution is 5.63. The third kappa shape index (κ3) is 3.74. The van der Waals surface area contributed by atoms with Crippen molar-refractivity contribution in [1.82, 2.24) is 5.32 Å². The molecule has 1 N–H and O–H groups in total. The molecule has 21 heavy (non-hydrogen) atoms. The van der Waals surface area contributed by atoms with Gasteiger partial charge in [-0.15, -0.1) is 0 Å². The van der Waals surface area contributed by atoms with E-state index in [9.17, 15) is 0 Å². The Hall–Kier alpha value is -1.60. The van der Waals surface area contributed by atoms with Crippen LogP contribution in [0.2, 0.25) is 0 Å². The maximum atomic E-state index is 3.70. The first-order valence-corrected chi connectivity index (χ1v) is 8.21. The van der Waals surface area contributed by atoms with Crippen LogP contribution in [0.15, 0.2) is 54.6 Å². The van der Waals surface area contributed by atoms with Crippen LogP contribution < -0.4 is 5.32 Å². The lowest BCUT2D eigenvalue weighted by atomic mass is 9.99. The number of benzene rings is 2. The highest BCUT2D eigenvalue weighted by atomic mass is 14.9. The average Bonchev–Trinajstić information content (AvgIpc) is 3.08. The summed E-state index contributed by atoms with van der Waals surface area (Å²) in [7, 11) is 0. The van der Waals surface area contributed by atoms with Crippen molar-refractivity contribution in [1.29, 1.82) is 0 Å². The second kappa shape index (κ2) is 6.91. The molecule has 1 nitrogen and oxygen atoms in total. The summed E-state index contributed by atoms with van der Waals surface area (Å²) in [5, 5.41) is 3.70. The number of nitrogens with one attached hydrogen (secondary N) is 1. The minimum Gasteiger partial charge on any atom is -0.310 e. The molecule has 1 atom stereocenters. The van der Waals surface area contributed by atoms with Crippen LogP contribution in [0.3, 0.4) is 0 Å². The lowest BCUT2D eigenvalue weighted by molar-refractivity contribution is 0.380. The predicted octanol–water partition coefficient (Wildman–Crippen LogP) is 5.02. The van der Waals surface area contributed by atoms with Crippen molar-refractivity contribution < 1.29 is 0 Å². The van der Waals surface area contributed by atoms with Gasteiger partial charge in [-0.3, -0.25) is 0 Å². The average molecular weight is 279 g/mol. The molecule has 1 fully saturated rings. The van der Waals surface area contributed by atoms with E-state index < -0.39 is 0 Å². The second-order valence-electron chi connectivity index (χ2n) is 6.28. The fourth-order valence-electron chi connectivity index (χ4n) is 3.35. The van der Waals surface area contributed by atoms with Crippen molar-refractivity contribution in [3.8, 4) is 11.1 Å². The highest BCUT2D eigenvalue weighted by Crippen LogP contribution is 2.27. The molecule has 0 bridgehead atoms. The topological polar surface area (TPSA) is 12.0 Å². The molecule has 1 heteroatoms. The smallest absolute Gasteiger partial charge is 0.0208 e. The zero-order chi connectivity index (χ0) is 14.5. The molecule has 1 aliphatic carbocycles. The molecule has 0 saturated heterocycles. The van der Waals surface area contributed by atoms with Gasteiger partial charge in [0, 0.05) is 12.6 Å². The first kappa shape index (κ1) is 14.3. The molecule has 0 heterocycles. The van der Waals surface area contributed by atoms with E-state index >= 15 is 0 Å². The Morgan fingerprint density at radius 1 is 0.905 bits per heavy atom. The summed E-state index contributed by atoms with van der Waals surface area (Å²) in [6.07, 6.45) is 5.65. The Labute approximate surface area is 128 Å². The predicted molar refractivity (Wildman–Crippen MR) is 90.1 cm³/mol. The van der Waals surface area contributed by atoms with E-state index in [4.69, 9.17) is 0 Å². The molecule has 1 saturated carbocycles. The van der Waals surface area contributed by atoms with Crippen LogP contribution in [0.25, 0.3) is 11.1 Å². The molecule has 0 aromatic heterocycles. The molecule has 0 amide bonds. The third-order valence-corrected chi connectivity index (χ3v) is 4.80. The molecule has 3 rings (SSSR count). The van der Waals surface area contributed by atoms with E-state index in [2.05, 4.69) is 66.8 Å². The molecule has 2 aromatic rings. The molecule has 0 unspecified atom stereocenters. The van der Waals surface area contributed by atoms with Crippen LogP contribution in [0, 0.1) is 5.92 Å². The molecule has 0 radical (unpaired) electrons. The van der Waals surface area contributed by atoms with Crippen molar-refractivity contribution in [3.63, 3.8) is 0 Å². The normalized spacial score (nSPS) is 17.0. The van der Waals surface area contributed by atoms with Gasteiger partial charge in [0.25, 0.3) is 0 Å². The maximum Gasteiger partial charge on any atom is 0.0208 e. The van der Waals surface area contributed by atoms with Crippen molar-refractivity contribution in [2.75, 3.05) is 0 Å². The lowest BCUT2D eigenvalue weighted by Gasteiger charge is -2.20. The SMILES string of the molecule is C[C@@H](NCc1ccc(-c2ccccc2)cc1)C1CCCC1. The minimum absolute atomic E-state index is 0.640. The second-order valence-corrected chi connectivity index (χ2v) is 6.28. The lowest BCUT2D eigenvalue weighted by Crippen LogP contribution is -2.31. The van der Waals surface area contributed by atoms with Gasteiger partial charge < -0.3 is 5.32 Å². The van der Waals surface area contributed by atoms with Crippen LogP contribution in [-0.2, 0) is 6.54 Å². The Bertz CT molecular complexity index is 538. The number of hydrogen-bond donors (Lipinski definition) is 1. The summed E-state index contributed by atoms with van der Waals surface area (Å²) in [6, 6.07) is 20.2. The van der Waals surface area contributed by atoms with Crippen molar-refractivity contribution >= 4 is 0 Å². The molecular formula is C20H25N. The van der Waals surface area contributed by atoms with E-state index in [-0.39, 0.29) is 0 Å². The third-order valence-electron chi connectivity index (χ3n) is 4.80. The van der Waals surface area contributed by atoms with Gasteiger partial charge in [-0.1, -0.05) is 67.4 Å². The summed E-state index contributed by atoms with van der Waals surface area (Å²) in [5.74, 6) is 0.883. The van der Waals surface area contributed by atoms with Crippen molar-refractivity contribution in [2.45, 2.75) is 45.2 Å². The zero-order valence-electron chi connectivity index (χ0n) is 12.9. The monoisotopic (exact) mass is 279 g/mol. The standard InChI is InChI=1S/C20H25N/c1-16(18-7-5-6-8-18)21-15-17-11-13-20(14-12-17)19-9-3-2-4-10-19/h2-4,9-14,16,18,21H,5-8,15H2,1H3/t16-/m1/s1. The molecule has 110 valence electrons. The van der Waals surface area contributed by atoms with Gasteiger partial charge in [-0.2, -0.15) is 0 Å². The number of hydrogen-bond acceptors (Lipinski definition) is 1. The Morgan fingerprint density at radius 3 is 2.19 bits per heavy atom. The molecular weight excluding hydrogens is 254 g/mol. The Morgan fingerprint density at radius 2 is 1.52 bits per heavy atom. The van der Waals surface area contributed by atoms with Crippen LogP contribution in [-0.4, -0.2) is 6.04 Å². The van der Waals surface area contributed by atoms with Crippen LogP contribution in [0.5, 0.6) is 0 Å². The van der Waals surface area contributed by atoms with Gasteiger partial charge in [0.1, 0.15) is 0 Å². The van der Waals surface area contributed by atoms with E-state index in [1.807, 2.05) is 0 Å². The quantitative estimate of drug-likeness (QED) is 0.810. The Kier molecular flexibility index (Phi) is 4.72. The number of rotatable bonds is 5. The van der Waals surface area contributed by atoms with Crippen molar-refractivity contribution in [2.24, 2.45) is 5.92 Å². The molecule has 0 spiro atoms. The van der Waals surface area contributed by atoms with Gasteiger partial charge in [-0.25, -0.2) is 0 Å². The van der Waals surface area contributed by atoms with Crippen LogP contribution in [0.4, 0.5) is 0 Å². The maximum absolute atomic E-state index is 3.70. The summed E-state index contributed by atoms with van der Waals surface area (Å²) in [5.41, 5.74) is 3.96. The van der Waals surface area contributed by atoms with Gasteiger partial charge in [-0.05, 0) is 42.4 Å². The first-order valence-electron chi connectivity index (χ1n) is 8.21. The molecule has 2 aromatic carbocycles. The molecule has 0 aliphatic heterocycles. The van der Waals surface area contributed by atoms with Gasteiger partial charge in [0.15, 0.2) is 0 Å². The molecule has 1 aliphatic rings. The van der Waals surface area contributed by atoms with Gasteiger partial charge in [0.05, 0.1) is 0 Å².